The van der Waals surface area contributed by atoms with Gasteiger partial charge in [0.15, 0.2) is 6.61 Å². The SMILES string of the molecule is Cc1ccc(OC(=O)COc2cccc(C)c2C)c(Br)c1. The first-order chi connectivity index (χ1) is 9.97. The second-order valence-electron chi connectivity index (χ2n) is 4.89. The largest absolute Gasteiger partial charge is 0.482 e. The van der Waals surface area contributed by atoms with E-state index in [1.165, 1.54) is 0 Å². The zero-order valence-corrected chi connectivity index (χ0v) is 13.9. The number of hydrogen-bond donors (Lipinski definition) is 0. The van der Waals surface area contributed by atoms with Gasteiger partial charge in [0.2, 0.25) is 0 Å². The first-order valence-corrected chi connectivity index (χ1v) is 7.42. The Morgan fingerprint density at radius 2 is 1.86 bits per heavy atom. The fourth-order valence-corrected chi connectivity index (χ4v) is 2.43. The Morgan fingerprint density at radius 1 is 1.10 bits per heavy atom. The van der Waals surface area contributed by atoms with Gasteiger partial charge in [-0.3, -0.25) is 0 Å². The lowest BCUT2D eigenvalue weighted by molar-refractivity contribution is -0.136. The Morgan fingerprint density at radius 3 is 2.57 bits per heavy atom. The van der Waals surface area contributed by atoms with Crippen LogP contribution < -0.4 is 9.47 Å². The van der Waals surface area contributed by atoms with Gasteiger partial charge in [-0.05, 0) is 71.6 Å². The third-order valence-corrected chi connectivity index (χ3v) is 3.83. The highest BCUT2D eigenvalue weighted by Crippen LogP contribution is 2.26. The summed E-state index contributed by atoms with van der Waals surface area (Å²) in [6, 6.07) is 11.3. The summed E-state index contributed by atoms with van der Waals surface area (Å²) in [5.41, 5.74) is 3.25. The minimum atomic E-state index is -0.430. The normalized spacial score (nSPS) is 10.3. The van der Waals surface area contributed by atoms with Crippen LogP contribution in [-0.2, 0) is 4.79 Å². The number of aryl methyl sites for hydroxylation is 2. The molecule has 0 unspecified atom stereocenters. The molecule has 2 aromatic carbocycles. The van der Waals surface area contributed by atoms with Crippen LogP contribution >= 0.6 is 15.9 Å². The molecule has 0 saturated heterocycles. The summed E-state index contributed by atoms with van der Waals surface area (Å²) in [5, 5.41) is 0. The Balaban J connectivity index is 1.97. The molecule has 0 spiro atoms. The Kier molecular flexibility index (Phi) is 5.02. The van der Waals surface area contributed by atoms with Gasteiger partial charge in [0.1, 0.15) is 11.5 Å². The molecule has 0 aromatic heterocycles. The van der Waals surface area contributed by atoms with Crippen LogP contribution in [0.2, 0.25) is 0 Å². The van der Waals surface area contributed by atoms with E-state index in [2.05, 4.69) is 15.9 Å². The molecule has 21 heavy (non-hydrogen) atoms. The Hall–Kier alpha value is -1.81. The van der Waals surface area contributed by atoms with E-state index >= 15 is 0 Å². The lowest BCUT2D eigenvalue weighted by Crippen LogP contribution is -2.18. The van der Waals surface area contributed by atoms with Crippen molar-refractivity contribution < 1.29 is 14.3 Å². The van der Waals surface area contributed by atoms with Gasteiger partial charge < -0.3 is 9.47 Å². The molecule has 110 valence electrons. The van der Waals surface area contributed by atoms with Crippen molar-refractivity contribution in [1.82, 2.24) is 0 Å². The van der Waals surface area contributed by atoms with Crippen molar-refractivity contribution in [2.75, 3.05) is 6.61 Å². The molecule has 0 fully saturated rings. The van der Waals surface area contributed by atoms with Gasteiger partial charge in [-0.15, -0.1) is 0 Å². The third-order valence-electron chi connectivity index (χ3n) is 3.21. The van der Waals surface area contributed by atoms with Crippen molar-refractivity contribution in [3.8, 4) is 11.5 Å². The maximum absolute atomic E-state index is 11.9. The maximum atomic E-state index is 11.9. The average molecular weight is 349 g/mol. The molecular formula is C17H17BrO3. The monoisotopic (exact) mass is 348 g/mol. The maximum Gasteiger partial charge on any atom is 0.349 e. The van der Waals surface area contributed by atoms with E-state index in [9.17, 15) is 4.79 Å². The molecule has 0 radical (unpaired) electrons. The summed E-state index contributed by atoms with van der Waals surface area (Å²) in [7, 11) is 0. The zero-order valence-electron chi connectivity index (χ0n) is 12.3. The number of hydrogen-bond acceptors (Lipinski definition) is 3. The molecule has 0 aliphatic heterocycles. The lowest BCUT2D eigenvalue weighted by Gasteiger charge is -2.11. The smallest absolute Gasteiger partial charge is 0.349 e. The van der Waals surface area contributed by atoms with Crippen LogP contribution in [0.1, 0.15) is 16.7 Å². The summed E-state index contributed by atoms with van der Waals surface area (Å²) < 4.78 is 11.6. The van der Waals surface area contributed by atoms with Crippen LogP contribution in [0.15, 0.2) is 40.9 Å². The van der Waals surface area contributed by atoms with Crippen molar-refractivity contribution in [3.05, 3.63) is 57.6 Å². The predicted octanol–water partition coefficient (Wildman–Crippen LogP) is 4.36. The van der Waals surface area contributed by atoms with Crippen molar-refractivity contribution in [1.29, 1.82) is 0 Å². The third kappa shape index (κ3) is 4.08. The van der Waals surface area contributed by atoms with Crippen LogP contribution in [0.25, 0.3) is 0 Å². The topological polar surface area (TPSA) is 35.5 Å². The molecule has 3 nitrogen and oxygen atoms in total. The van der Waals surface area contributed by atoms with Gasteiger partial charge in [-0.2, -0.15) is 0 Å². The first-order valence-electron chi connectivity index (χ1n) is 6.63. The van der Waals surface area contributed by atoms with Crippen molar-refractivity contribution in [2.45, 2.75) is 20.8 Å². The van der Waals surface area contributed by atoms with Gasteiger partial charge >= 0.3 is 5.97 Å². The molecule has 0 saturated carbocycles. The molecular weight excluding hydrogens is 332 g/mol. The number of rotatable bonds is 4. The molecule has 0 aliphatic carbocycles. The quantitative estimate of drug-likeness (QED) is 0.608. The van der Waals surface area contributed by atoms with Gasteiger partial charge in [0, 0.05) is 0 Å². The average Bonchev–Trinajstić information content (AvgIpc) is 2.43. The van der Waals surface area contributed by atoms with E-state index in [4.69, 9.17) is 9.47 Å². The van der Waals surface area contributed by atoms with Gasteiger partial charge in [0.25, 0.3) is 0 Å². The molecule has 4 heteroatoms. The molecule has 0 aliphatic rings. The number of carbonyl (C=O) groups excluding carboxylic acids is 1. The minimum Gasteiger partial charge on any atom is -0.482 e. The summed E-state index contributed by atoms with van der Waals surface area (Å²) in [5.74, 6) is 0.769. The molecule has 2 aromatic rings. The van der Waals surface area contributed by atoms with Crippen molar-refractivity contribution >= 4 is 21.9 Å². The number of carbonyl (C=O) groups is 1. The van der Waals surface area contributed by atoms with Crippen LogP contribution in [0.3, 0.4) is 0 Å². The minimum absolute atomic E-state index is 0.120. The highest BCUT2D eigenvalue weighted by Gasteiger charge is 2.10. The highest BCUT2D eigenvalue weighted by atomic mass is 79.9. The Labute approximate surface area is 133 Å². The van der Waals surface area contributed by atoms with Crippen molar-refractivity contribution in [3.63, 3.8) is 0 Å². The van der Waals surface area contributed by atoms with E-state index in [-0.39, 0.29) is 6.61 Å². The van der Waals surface area contributed by atoms with Crippen LogP contribution in [0.4, 0.5) is 0 Å². The number of halogens is 1. The molecule has 0 atom stereocenters. The fraction of sp³-hybridized carbons (Fsp3) is 0.235. The number of esters is 1. The Bertz CT molecular complexity index is 665. The molecule has 2 rings (SSSR count). The van der Waals surface area contributed by atoms with E-state index in [1.54, 1.807) is 6.07 Å². The standard InChI is InChI=1S/C17H17BrO3/c1-11-7-8-16(14(18)9-11)21-17(19)10-20-15-6-4-5-12(2)13(15)3/h4-9H,10H2,1-3H3. The van der Waals surface area contributed by atoms with Crippen LogP contribution in [0, 0.1) is 20.8 Å². The zero-order chi connectivity index (χ0) is 15.4. The second kappa shape index (κ2) is 6.76. The predicted molar refractivity (Wildman–Crippen MR) is 85.9 cm³/mol. The van der Waals surface area contributed by atoms with E-state index < -0.39 is 5.97 Å². The molecule has 0 N–H and O–H groups in total. The van der Waals surface area contributed by atoms with Crippen molar-refractivity contribution in [2.24, 2.45) is 0 Å². The molecule has 0 bridgehead atoms. The summed E-state index contributed by atoms with van der Waals surface area (Å²) >= 11 is 3.37. The van der Waals surface area contributed by atoms with Gasteiger partial charge in [-0.25, -0.2) is 4.79 Å². The van der Waals surface area contributed by atoms with E-state index in [0.29, 0.717) is 11.5 Å². The van der Waals surface area contributed by atoms with Crippen LogP contribution in [0.5, 0.6) is 11.5 Å². The molecule has 0 heterocycles. The number of ether oxygens (including phenoxy) is 2. The first kappa shape index (κ1) is 15.6. The summed E-state index contributed by atoms with van der Waals surface area (Å²) in [6.45, 7) is 5.82. The fourth-order valence-electron chi connectivity index (χ4n) is 1.86. The molecule has 0 amide bonds. The number of benzene rings is 2. The van der Waals surface area contributed by atoms with Gasteiger partial charge in [0.05, 0.1) is 4.47 Å². The highest BCUT2D eigenvalue weighted by molar-refractivity contribution is 9.10. The van der Waals surface area contributed by atoms with Gasteiger partial charge in [-0.1, -0.05) is 18.2 Å². The van der Waals surface area contributed by atoms with E-state index in [0.717, 1.165) is 21.2 Å². The van der Waals surface area contributed by atoms with Crippen LogP contribution in [-0.4, -0.2) is 12.6 Å². The second-order valence-corrected chi connectivity index (χ2v) is 5.75. The summed E-state index contributed by atoms with van der Waals surface area (Å²) in [6.07, 6.45) is 0. The van der Waals surface area contributed by atoms with E-state index in [1.807, 2.05) is 51.1 Å². The lowest BCUT2D eigenvalue weighted by atomic mass is 10.1. The summed E-state index contributed by atoms with van der Waals surface area (Å²) in [4.78, 5) is 11.9.